The molecule has 2 aliphatic rings. The summed E-state index contributed by atoms with van der Waals surface area (Å²) in [6.45, 7) is 1.62. The zero-order chi connectivity index (χ0) is 22.5. The van der Waals surface area contributed by atoms with Gasteiger partial charge in [0, 0.05) is 25.6 Å². The van der Waals surface area contributed by atoms with Crippen LogP contribution >= 0.6 is 0 Å². The van der Waals surface area contributed by atoms with Crippen molar-refractivity contribution in [2.24, 2.45) is 5.92 Å². The molecule has 1 aliphatic carbocycles. The minimum absolute atomic E-state index is 0.0453. The molecule has 4 rings (SSSR count). The average Bonchev–Trinajstić information content (AvgIpc) is 3.67. The Morgan fingerprint density at radius 3 is 2.59 bits per heavy atom. The number of hydrogen-bond donors (Lipinski definition) is 0. The van der Waals surface area contributed by atoms with E-state index in [1.807, 2.05) is 36.4 Å². The Morgan fingerprint density at radius 2 is 1.91 bits per heavy atom. The van der Waals surface area contributed by atoms with Gasteiger partial charge in [-0.05, 0) is 48.2 Å². The molecule has 0 radical (unpaired) electrons. The number of nitriles is 1. The van der Waals surface area contributed by atoms with E-state index in [0.29, 0.717) is 31.8 Å². The monoisotopic (exact) mass is 433 g/mol. The first-order valence-electron chi connectivity index (χ1n) is 10.9. The van der Waals surface area contributed by atoms with Gasteiger partial charge < -0.3 is 19.3 Å². The van der Waals surface area contributed by atoms with E-state index < -0.39 is 0 Å². The highest BCUT2D eigenvalue weighted by Gasteiger charge is 2.38. The molecule has 32 heavy (non-hydrogen) atoms. The van der Waals surface area contributed by atoms with E-state index in [1.165, 1.54) is 0 Å². The Bertz CT molecular complexity index is 1010. The maximum Gasteiger partial charge on any atom is 0.242 e. The second kappa shape index (κ2) is 9.84. The highest BCUT2D eigenvalue weighted by Crippen LogP contribution is 2.31. The zero-order valence-corrected chi connectivity index (χ0v) is 18.2. The molecule has 1 unspecified atom stereocenters. The van der Waals surface area contributed by atoms with Gasteiger partial charge in [-0.2, -0.15) is 5.26 Å². The number of benzene rings is 2. The molecule has 1 atom stereocenters. The molecule has 0 N–H and O–H groups in total. The van der Waals surface area contributed by atoms with E-state index in [4.69, 9.17) is 14.7 Å². The highest BCUT2D eigenvalue weighted by molar-refractivity contribution is 5.87. The van der Waals surface area contributed by atoms with E-state index in [9.17, 15) is 9.59 Å². The Hall–Kier alpha value is -3.37. The van der Waals surface area contributed by atoms with Crippen LogP contribution < -0.4 is 4.74 Å². The van der Waals surface area contributed by atoms with Gasteiger partial charge in [0.1, 0.15) is 5.75 Å². The highest BCUT2D eigenvalue weighted by atomic mass is 16.5. The molecule has 7 nitrogen and oxygen atoms in total. The molecule has 0 aromatic heterocycles. The van der Waals surface area contributed by atoms with Crippen molar-refractivity contribution in [1.29, 1.82) is 5.26 Å². The van der Waals surface area contributed by atoms with Crippen LogP contribution in [0, 0.1) is 17.2 Å². The van der Waals surface area contributed by atoms with Crippen LogP contribution in [-0.4, -0.2) is 54.5 Å². The number of carbonyl (C=O) groups excluding carboxylic acids is 2. The summed E-state index contributed by atoms with van der Waals surface area (Å²) in [5.74, 6) is 0.777. The third-order valence-corrected chi connectivity index (χ3v) is 5.84. The molecule has 7 heteroatoms. The lowest BCUT2D eigenvalue weighted by Gasteiger charge is -2.25. The molecule has 1 saturated carbocycles. The molecule has 0 spiro atoms. The van der Waals surface area contributed by atoms with Crippen LogP contribution in [0.3, 0.4) is 0 Å². The number of hydrogen-bond acceptors (Lipinski definition) is 5. The third kappa shape index (κ3) is 5.45. The van der Waals surface area contributed by atoms with Gasteiger partial charge in [0.25, 0.3) is 0 Å². The summed E-state index contributed by atoms with van der Waals surface area (Å²) in [5.41, 5.74) is 2.46. The van der Waals surface area contributed by atoms with Crippen LogP contribution in [0.1, 0.15) is 29.5 Å². The van der Waals surface area contributed by atoms with Gasteiger partial charge in [-0.1, -0.05) is 24.3 Å². The fourth-order valence-electron chi connectivity index (χ4n) is 3.89. The van der Waals surface area contributed by atoms with Gasteiger partial charge in [0.15, 0.2) is 0 Å². The van der Waals surface area contributed by atoms with Crippen molar-refractivity contribution in [3.05, 3.63) is 65.2 Å². The molecule has 166 valence electrons. The smallest absolute Gasteiger partial charge is 0.242 e. The van der Waals surface area contributed by atoms with Crippen molar-refractivity contribution < 1.29 is 19.1 Å². The third-order valence-electron chi connectivity index (χ3n) is 5.84. The van der Waals surface area contributed by atoms with Gasteiger partial charge in [-0.25, -0.2) is 0 Å². The van der Waals surface area contributed by atoms with E-state index in [2.05, 4.69) is 6.07 Å². The SMILES string of the molecule is COc1ccc(CN2CC(OCc3cccc(C#N)c3)CN(C(=O)C3CC3)CC2=O)cc1. The summed E-state index contributed by atoms with van der Waals surface area (Å²) in [6, 6.07) is 17.0. The summed E-state index contributed by atoms with van der Waals surface area (Å²) in [6.07, 6.45) is 1.48. The number of nitrogens with zero attached hydrogens (tertiary/aromatic N) is 3. The van der Waals surface area contributed by atoms with Crippen LogP contribution in [0.25, 0.3) is 0 Å². The summed E-state index contributed by atoms with van der Waals surface area (Å²) in [5, 5.41) is 9.12. The lowest BCUT2D eigenvalue weighted by Crippen LogP contribution is -2.40. The molecule has 1 saturated heterocycles. The molecule has 0 bridgehead atoms. The largest absolute Gasteiger partial charge is 0.497 e. The van der Waals surface area contributed by atoms with Gasteiger partial charge in [0.05, 0.1) is 38.0 Å². The predicted molar refractivity (Wildman–Crippen MR) is 117 cm³/mol. The fourth-order valence-corrected chi connectivity index (χ4v) is 3.89. The van der Waals surface area contributed by atoms with Crippen molar-refractivity contribution >= 4 is 11.8 Å². The van der Waals surface area contributed by atoms with Crippen LogP contribution in [-0.2, 0) is 27.5 Å². The first-order valence-corrected chi connectivity index (χ1v) is 10.9. The van der Waals surface area contributed by atoms with Gasteiger partial charge in [0.2, 0.25) is 11.8 Å². The van der Waals surface area contributed by atoms with Crippen molar-refractivity contribution in [2.75, 3.05) is 26.7 Å². The van der Waals surface area contributed by atoms with Crippen molar-refractivity contribution in [1.82, 2.24) is 9.80 Å². The van der Waals surface area contributed by atoms with Crippen LogP contribution in [0.4, 0.5) is 0 Å². The van der Waals surface area contributed by atoms with E-state index in [0.717, 1.165) is 29.7 Å². The molecular weight excluding hydrogens is 406 g/mol. The standard InChI is InChI=1S/C25H27N3O4/c1-31-22-9-5-18(6-10-22)13-27-14-23(32-17-20-4-2-3-19(11-20)12-26)15-28(16-24(27)29)25(30)21-7-8-21/h2-6,9-11,21,23H,7-8,13-17H2,1H3. The minimum Gasteiger partial charge on any atom is -0.497 e. The number of carbonyl (C=O) groups is 2. The predicted octanol–water partition coefficient (Wildman–Crippen LogP) is 2.73. The lowest BCUT2D eigenvalue weighted by molar-refractivity contribution is -0.139. The van der Waals surface area contributed by atoms with Crippen molar-refractivity contribution in [3.8, 4) is 11.8 Å². The van der Waals surface area contributed by atoms with Gasteiger partial charge in [-0.15, -0.1) is 0 Å². The Kier molecular flexibility index (Phi) is 6.72. The number of amides is 2. The molecular formula is C25H27N3O4. The van der Waals surface area contributed by atoms with Crippen molar-refractivity contribution in [3.63, 3.8) is 0 Å². The van der Waals surface area contributed by atoms with E-state index >= 15 is 0 Å². The summed E-state index contributed by atoms with van der Waals surface area (Å²) >= 11 is 0. The lowest BCUT2D eigenvalue weighted by atomic mass is 10.1. The fraction of sp³-hybridized carbons (Fsp3) is 0.400. The summed E-state index contributed by atoms with van der Waals surface area (Å²) in [7, 11) is 1.62. The van der Waals surface area contributed by atoms with E-state index in [-0.39, 0.29) is 30.4 Å². The second-order valence-corrected chi connectivity index (χ2v) is 8.36. The van der Waals surface area contributed by atoms with Crippen LogP contribution in [0.2, 0.25) is 0 Å². The van der Waals surface area contributed by atoms with Gasteiger partial charge >= 0.3 is 0 Å². The summed E-state index contributed by atoms with van der Waals surface area (Å²) in [4.78, 5) is 29.2. The van der Waals surface area contributed by atoms with Crippen LogP contribution in [0.5, 0.6) is 5.75 Å². The van der Waals surface area contributed by atoms with Crippen LogP contribution in [0.15, 0.2) is 48.5 Å². The molecule has 2 amide bonds. The van der Waals surface area contributed by atoms with E-state index in [1.54, 1.807) is 29.0 Å². The number of methoxy groups -OCH3 is 1. The summed E-state index contributed by atoms with van der Waals surface area (Å²) < 4.78 is 11.4. The van der Waals surface area contributed by atoms with Crippen molar-refractivity contribution in [2.45, 2.75) is 32.1 Å². The molecule has 2 aromatic carbocycles. The topological polar surface area (TPSA) is 82.9 Å². The Balaban J connectivity index is 1.48. The number of rotatable bonds is 7. The molecule has 1 aliphatic heterocycles. The second-order valence-electron chi connectivity index (χ2n) is 8.36. The Morgan fingerprint density at radius 1 is 1.12 bits per heavy atom. The van der Waals surface area contributed by atoms with Gasteiger partial charge in [-0.3, -0.25) is 9.59 Å². The maximum atomic E-state index is 13.0. The Labute approximate surface area is 188 Å². The normalized spacial score (nSPS) is 18.8. The molecule has 2 fully saturated rings. The minimum atomic E-state index is -0.312. The first kappa shape index (κ1) is 21.8. The average molecular weight is 434 g/mol. The molecule has 1 heterocycles. The quantitative estimate of drug-likeness (QED) is 0.671. The maximum absolute atomic E-state index is 13.0. The number of ether oxygens (including phenoxy) is 2. The zero-order valence-electron chi connectivity index (χ0n) is 18.2. The first-order chi connectivity index (χ1) is 15.6. The molecule has 2 aromatic rings.